The van der Waals surface area contributed by atoms with E-state index >= 15 is 0 Å². The van der Waals surface area contributed by atoms with Crippen LogP contribution < -0.4 is 15.4 Å². The van der Waals surface area contributed by atoms with Crippen LogP contribution >= 0.6 is 0 Å². The minimum Gasteiger partial charge on any atom is -0.383 e. The quantitative estimate of drug-likeness (QED) is 0.534. The molecule has 29 heavy (non-hydrogen) atoms. The summed E-state index contributed by atoms with van der Waals surface area (Å²) in [5.74, 6) is -0.907. The Bertz CT molecular complexity index is 972. The highest BCUT2D eigenvalue weighted by molar-refractivity contribution is 7.92. The fourth-order valence-electron chi connectivity index (χ4n) is 2.48. The lowest BCUT2D eigenvalue weighted by Crippen LogP contribution is -2.38. The molecule has 0 aromatic heterocycles. The van der Waals surface area contributed by atoms with Gasteiger partial charge in [0.2, 0.25) is 5.91 Å². The molecular weight excluding hydrogens is 394 g/mol. The van der Waals surface area contributed by atoms with E-state index < -0.39 is 15.9 Å². The van der Waals surface area contributed by atoms with Crippen molar-refractivity contribution in [1.29, 1.82) is 0 Å². The third-order valence-corrected chi connectivity index (χ3v) is 5.60. The average molecular weight is 420 g/mol. The second kappa shape index (κ2) is 10.0. The van der Waals surface area contributed by atoms with Gasteiger partial charge in [0.15, 0.2) is 0 Å². The number of benzene rings is 2. The summed E-state index contributed by atoms with van der Waals surface area (Å²) < 4.78 is 32.9. The highest BCUT2D eigenvalue weighted by atomic mass is 32.2. The van der Waals surface area contributed by atoms with E-state index in [1.807, 2.05) is 6.92 Å². The van der Waals surface area contributed by atoms with E-state index in [4.69, 9.17) is 4.74 Å². The van der Waals surface area contributed by atoms with E-state index in [2.05, 4.69) is 15.4 Å². The molecule has 3 N–H and O–H groups in total. The summed E-state index contributed by atoms with van der Waals surface area (Å²) in [6.45, 7) is 4.03. The number of nitrogens with one attached hydrogen (secondary N) is 3. The minimum atomic E-state index is -3.88. The molecule has 0 bridgehead atoms. The Morgan fingerprint density at radius 1 is 1.00 bits per heavy atom. The molecule has 2 rings (SSSR count). The first-order chi connectivity index (χ1) is 13.7. The molecule has 0 spiro atoms. The van der Waals surface area contributed by atoms with Crippen molar-refractivity contribution in [2.24, 2.45) is 0 Å². The van der Waals surface area contributed by atoms with Crippen LogP contribution in [-0.2, 0) is 19.6 Å². The molecule has 0 saturated heterocycles. The molecule has 0 aliphatic heterocycles. The first-order valence-corrected chi connectivity index (χ1v) is 10.4. The van der Waals surface area contributed by atoms with Crippen LogP contribution in [0.25, 0.3) is 0 Å². The second-order valence-corrected chi connectivity index (χ2v) is 8.13. The molecule has 9 heteroatoms. The highest BCUT2D eigenvalue weighted by Crippen LogP contribution is 2.21. The van der Waals surface area contributed by atoms with Gasteiger partial charge in [0.05, 0.1) is 18.0 Å². The number of amides is 2. The van der Waals surface area contributed by atoms with Gasteiger partial charge < -0.3 is 15.4 Å². The van der Waals surface area contributed by atoms with Crippen molar-refractivity contribution in [3.63, 3.8) is 0 Å². The molecule has 0 saturated carbocycles. The number of rotatable bonds is 9. The molecule has 0 heterocycles. The zero-order valence-electron chi connectivity index (χ0n) is 16.6. The van der Waals surface area contributed by atoms with E-state index in [0.717, 1.165) is 5.56 Å². The summed E-state index contributed by atoms with van der Waals surface area (Å²) in [5, 5.41) is 5.05. The summed E-state index contributed by atoms with van der Waals surface area (Å²) in [4.78, 5) is 24.0. The van der Waals surface area contributed by atoms with Crippen molar-refractivity contribution in [2.75, 3.05) is 31.5 Å². The van der Waals surface area contributed by atoms with Crippen molar-refractivity contribution in [3.8, 4) is 0 Å². The summed E-state index contributed by atoms with van der Waals surface area (Å²) in [6.07, 6.45) is 0. The lowest BCUT2D eigenvalue weighted by atomic mass is 10.1. The number of sulfonamides is 1. The predicted molar refractivity (Wildman–Crippen MR) is 110 cm³/mol. The van der Waals surface area contributed by atoms with Crippen LogP contribution in [0, 0.1) is 13.8 Å². The van der Waals surface area contributed by atoms with Crippen molar-refractivity contribution in [2.45, 2.75) is 18.7 Å². The van der Waals surface area contributed by atoms with Crippen molar-refractivity contribution >= 4 is 27.5 Å². The normalized spacial score (nSPS) is 11.0. The molecule has 0 radical (unpaired) electrons. The van der Waals surface area contributed by atoms with Crippen LogP contribution in [0.15, 0.2) is 47.4 Å². The number of hydrogen-bond donors (Lipinski definition) is 3. The lowest BCUT2D eigenvalue weighted by Gasteiger charge is -2.12. The topological polar surface area (TPSA) is 114 Å². The van der Waals surface area contributed by atoms with Crippen LogP contribution in [0.3, 0.4) is 0 Å². The van der Waals surface area contributed by atoms with Crippen molar-refractivity contribution < 1.29 is 22.7 Å². The molecule has 2 aromatic carbocycles. The standard InChI is InChI=1S/C20H25N3O5S/c1-14-4-8-17(9-5-14)23-29(26,27)18-12-16(7-6-15(18)2)20(25)22-13-19(24)21-10-11-28-3/h4-9,12,23H,10-11,13H2,1-3H3,(H,21,24)(H,22,25). The van der Waals surface area contributed by atoms with Gasteiger partial charge in [0.25, 0.3) is 15.9 Å². The van der Waals surface area contributed by atoms with Crippen molar-refractivity contribution in [3.05, 3.63) is 59.2 Å². The minimum absolute atomic E-state index is 0.00438. The van der Waals surface area contributed by atoms with Crippen LogP contribution in [0.2, 0.25) is 0 Å². The largest absolute Gasteiger partial charge is 0.383 e. The summed E-state index contributed by atoms with van der Waals surface area (Å²) in [6, 6.07) is 11.3. The van der Waals surface area contributed by atoms with Crippen molar-refractivity contribution in [1.82, 2.24) is 10.6 Å². The molecule has 156 valence electrons. The maximum Gasteiger partial charge on any atom is 0.262 e. The van der Waals surface area contributed by atoms with Gasteiger partial charge >= 0.3 is 0 Å². The number of carbonyl (C=O) groups is 2. The molecule has 2 aromatic rings. The van der Waals surface area contributed by atoms with Gasteiger partial charge in [-0.1, -0.05) is 23.8 Å². The Balaban J connectivity index is 2.11. The Kier molecular flexibility index (Phi) is 7.74. The van der Waals surface area contributed by atoms with Gasteiger partial charge in [-0.3, -0.25) is 14.3 Å². The van der Waals surface area contributed by atoms with Crippen LogP contribution in [0.5, 0.6) is 0 Å². The molecule has 0 fully saturated rings. The monoisotopic (exact) mass is 419 g/mol. The highest BCUT2D eigenvalue weighted by Gasteiger charge is 2.19. The Labute approximate surface area is 170 Å². The molecule has 8 nitrogen and oxygen atoms in total. The van der Waals surface area contributed by atoms with Gasteiger partial charge in [0.1, 0.15) is 0 Å². The molecule has 0 aliphatic rings. The van der Waals surface area contributed by atoms with E-state index in [1.165, 1.54) is 19.2 Å². The predicted octanol–water partition coefficient (Wildman–Crippen LogP) is 1.60. The first kappa shape index (κ1) is 22.4. The number of hydrogen-bond acceptors (Lipinski definition) is 5. The average Bonchev–Trinajstić information content (AvgIpc) is 2.68. The van der Waals surface area contributed by atoms with Crippen LogP contribution in [-0.4, -0.2) is 47.0 Å². The Hall–Kier alpha value is -2.91. The van der Waals surface area contributed by atoms with Gasteiger partial charge in [-0.15, -0.1) is 0 Å². The molecule has 2 amide bonds. The smallest absolute Gasteiger partial charge is 0.262 e. The van der Waals surface area contributed by atoms with Gasteiger partial charge in [0, 0.05) is 24.9 Å². The maximum absolute atomic E-state index is 12.8. The van der Waals surface area contributed by atoms with Gasteiger partial charge in [-0.2, -0.15) is 0 Å². The van der Waals surface area contributed by atoms with E-state index in [-0.39, 0.29) is 22.9 Å². The maximum atomic E-state index is 12.8. The van der Waals surface area contributed by atoms with Gasteiger partial charge in [-0.25, -0.2) is 8.42 Å². The Morgan fingerprint density at radius 2 is 1.69 bits per heavy atom. The van der Waals surface area contributed by atoms with Crippen LogP contribution in [0.1, 0.15) is 21.5 Å². The fraction of sp³-hybridized carbons (Fsp3) is 0.300. The van der Waals surface area contributed by atoms with E-state index in [9.17, 15) is 18.0 Å². The van der Waals surface area contributed by atoms with E-state index in [1.54, 1.807) is 37.3 Å². The number of aryl methyl sites for hydroxylation is 2. The molecular formula is C20H25N3O5S. The fourth-order valence-corrected chi connectivity index (χ4v) is 3.81. The Morgan fingerprint density at radius 3 is 2.34 bits per heavy atom. The SMILES string of the molecule is COCCNC(=O)CNC(=O)c1ccc(C)c(S(=O)(=O)Nc2ccc(C)cc2)c1. The number of anilines is 1. The van der Waals surface area contributed by atoms with Gasteiger partial charge in [-0.05, 0) is 43.7 Å². The summed E-state index contributed by atoms with van der Waals surface area (Å²) >= 11 is 0. The zero-order chi connectivity index (χ0) is 21.4. The van der Waals surface area contributed by atoms with Crippen LogP contribution in [0.4, 0.5) is 5.69 Å². The second-order valence-electron chi connectivity index (χ2n) is 6.48. The molecule has 0 atom stereocenters. The zero-order valence-corrected chi connectivity index (χ0v) is 17.4. The third-order valence-electron chi connectivity index (χ3n) is 4.08. The number of methoxy groups -OCH3 is 1. The molecule has 0 unspecified atom stereocenters. The lowest BCUT2D eigenvalue weighted by molar-refractivity contribution is -0.120. The van der Waals surface area contributed by atoms with E-state index in [0.29, 0.717) is 24.4 Å². The summed E-state index contributed by atoms with van der Waals surface area (Å²) in [5.41, 5.74) is 2.08. The first-order valence-electron chi connectivity index (χ1n) is 8.97. The number of carbonyl (C=O) groups excluding carboxylic acids is 2. The summed E-state index contributed by atoms with van der Waals surface area (Å²) in [7, 11) is -2.36. The molecule has 0 aliphatic carbocycles. The number of ether oxygens (including phenoxy) is 1. The third kappa shape index (κ3) is 6.58.